The normalized spacial score (nSPS) is 8.07. The van der Waals surface area contributed by atoms with Gasteiger partial charge in [-0.3, -0.25) is 4.79 Å². The van der Waals surface area contributed by atoms with Gasteiger partial charge in [0.05, 0.1) is 6.42 Å². The lowest BCUT2D eigenvalue weighted by Crippen LogP contribution is -2.04. The summed E-state index contributed by atoms with van der Waals surface area (Å²) in [6.07, 6.45) is 1.31. The Labute approximate surface area is 82.7 Å². The van der Waals surface area contributed by atoms with Crippen LogP contribution in [0.1, 0.15) is 6.42 Å². The molecule has 0 amide bonds. The smallest absolute Gasteiger partial charge is 0.331 e. The Kier molecular flexibility index (Phi) is 10.1. The molecule has 0 saturated heterocycles. The molecular formula is C9H15NO4. The molecule has 0 aromatic heterocycles. The first-order valence-corrected chi connectivity index (χ1v) is 3.84. The van der Waals surface area contributed by atoms with Gasteiger partial charge in [0.15, 0.2) is 0 Å². The highest BCUT2D eigenvalue weighted by Crippen LogP contribution is 1.95. The second-order valence-electron chi connectivity index (χ2n) is 2.33. The van der Waals surface area contributed by atoms with Gasteiger partial charge in [0, 0.05) is 12.1 Å². The van der Waals surface area contributed by atoms with Crippen LogP contribution in [0.4, 0.5) is 0 Å². The Morgan fingerprint density at radius 3 is 2.00 bits per heavy atom. The van der Waals surface area contributed by atoms with E-state index in [0.29, 0.717) is 0 Å². The fourth-order valence-corrected chi connectivity index (χ4v) is 0.402. The monoisotopic (exact) mass is 201 g/mol. The minimum atomic E-state index is -1.27. The maximum atomic E-state index is 9.87. The first-order chi connectivity index (χ1) is 6.45. The van der Waals surface area contributed by atoms with Crippen LogP contribution >= 0.6 is 0 Å². The molecule has 0 radical (unpaired) electrons. The van der Waals surface area contributed by atoms with Crippen molar-refractivity contribution in [2.24, 2.45) is 0 Å². The minimum Gasteiger partial charge on any atom is -0.481 e. The van der Waals surface area contributed by atoms with Gasteiger partial charge in [0.2, 0.25) is 0 Å². The summed E-state index contributed by atoms with van der Waals surface area (Å²) >= 11 is 0. The summed E-state index contributed by atoms with van der Waals surface area (Å²) in [6, 6.07) is 0. The van der Waals surface area contributed by atoms with Crippen molar-refractivity contribution >= 4 is 11.9 Å². The third kappa shape index (κ3) is 13.0. The van der Waals surface area contributed by atoms with Crippen LogP contribution in [0.15, 0.2) is 24.8 Å². The average molecular weight is 201 g/mol. The van der Waals surface area contributed by atoms with Gasteiger partial charge in [-0.2, -0.15) is 0 Å². The molecule has 14 heavy (non-hydrogen) atoms. The van der Waals surface area contributed by atoms with Crippen molar-refractivity contribution in [2.45, 2.75) is 6.42 Å². The first kappa shape index (κ1) is 14.9. The fraction of sp³-hybridized carbons (Fsp3) is 0.333. The lowest BCUT2D eigenvalue weighted by molar-refractivity contribution is -0.139. The number of nitrogens with one attached hydrogen (secondary N) is 1. The zero-order valence-corrected chi connectivity index (χ0v) is 8.12. The standard InChI is InChI=1S/C5H6O4.C4H9N/c1-3(5(8)9)2-4(6)7;1-3-4-5-2/h1-2H2,(H,6,7)(H,8,9);3,5H,1,4H2,2H3. The predicted octanol–water partition coefficient (Wildman–Crippen LogP) is 0.494. The molecule has 0 atom stereocenters. The van der Waals surface area contributed by atoms with E-state index >= 15 is 0 Å². The van der Waals surface area contributed by atoms with Crippen molar-refractivity contribution in [1.82, 2.24) is 5.32 Å². The number of carboxylic acids is 2. The highest BCUT2D eigenvalue weighted by molar-refractivity contribution is 5.91. The SMILES string of the molecule is C=C(CC(=O)O)C(=O)O.C=CCNC. The maximum absolute atomic E-state index is 9.87. The van der Waals surface area contributed by atoms with E-state index in [9.17, 15) is 9.59 Å². The molecule has 0 aliphatic carbocycles. The Bertz CT molecular complexity index is 223. The molecule has 0 aliphatic rings. The molecule has 0 saturated carbocycles. The summed E-state index contributed by atoms with van der Waals surface area (Å²) < 4.78 is 0. The van der Waals surface area contributed by atoms with Gasteiger partial charge in [-0.05, 0) is 7.05 Å². The average Bonchev–Trinajstić information content (AvgIpc) is 2.05. The number of aliphatic carboxylic acids is 2. The molecule has 3 N–H and O–H groups in total. The van der Waals surface area contributed by atoms with Crippen LogP contribution in [0.3, 0.4) is 0 Å². The number of rotatable bonds is 5. The third-order valence-electron chi connectivity index (χ3n) is 1.02. The van der Waals surface area contributed by atoms with E-state index in [4.69, 9.17) is 10.2 Å². The quantitative estimate of drug-likeness (QED) is 0.445. The highest BCUT2D eigenvalue weighted by atomic mass is 16.4. The summed E-state index contributed by atoms with van der Waals surface area (Å²) in [6.45, 7) is 7.40. The second kappa shape index (κ2) is 9.47. The van der Waals surface area contributed by atoms with Crippen molar-refractivity contribution in [1.29, 1.82) is 0 Å². The number of carbonyl (C=O) groups is 2. The lowest BCUT2D eigenvalue weighted by Gasteiger charge is -1.91. The molecule has 0 bridgehead atoms. The van der Waals surface area contributed by atoms with Gasteiger partial charge in [-0.25, -0.2) is 4.79 Å². The summed E-state index contributed by atoms with van der Waals surface area (Å²) in [4.78, 5) is 19.7. The fourth-order valence-electron chi connectivity index (χ4n) is 0.402. The van der Waals surface area contributed by atoms with Gasteiger partial charge < -0.3 is 15.5 Å². The molecule has 0 aliphatic heterocycles. The predicted molar refractivity (Wildman–Crippen MR) is 53.2 cm³/mol. The Morgan fingerprint density at radius 2 is 1.93 bits per heavy atom. The van der Waals surface area contributed by atoms with E-state index in [-0.39, 0.29) is 5.57 Å². The molecule has 0 rings (SSSR count). The largest absolute Gasteiger partial charge is 0.481 e. The van der Waals surface area contributed by atoms with E-state index in [1.165, 1.54) is 0 Å². The molecule has 0 unspecified atom stereocenters. The summed E-state index contributed by atoms with van der Waals surface area (Å²) in [7, 11) is 1.89. The van der Waals surface area contributed by atoms with Crippen molar-refractivity contribution in [3.63, 3.8) is 0 Å². The zero-order valence-electron chi connectivity index (χ0n) is 8.12. The van der Waals surface area contributed by atoms with E-state index in [0.717, 1.165) is 6.54 Å². The van der Waals surface area contributed by atoms with Crippen molar-refractivity contribution in [3.05, 3.63) is 24.8 Å². The summed E-state index contributed by atoms with van der Waals surface area (Å²) in [5.74, 6) is -2.44. The third-order valence-corrected chi connectivity index (χ3v) is 1.02. The van der Waals surface area contributed by atoms with Crippen LogP contribution in [-0.4, -0.2) is 35.7 Å². The first-order valence-electron chi connectivity index (χ1n) is 3.84. The van der Waals surface area contributed by atoms with Crippen LogP contribution in [0.2, 0.25) is 0 Å². The van der Waals surface area contributed by atoms with E-state index < -0.39 is 18.4 Å². The van der Waals surface area contributed by atoms with Gasteiger partial charge in [0.1, 0.15) is 0 Å². The Hall–Kier alpha value is -1.62. The van der Waals surface area contributed by atoms with E-state index in [2.05, 4.69) is 18.5 Å². The van der Waals surface area contributed by atoms with Gasteiger partial charge >= 0.3 is 11.9 Å². The van der Waals surface area contributed by atoms with Gasteiger partial charge in [-0.1, -0.05) is 12.7 Å². The molecule has 5 nitrogen and oxygen atoms in total. The van der Waals surface area contributed by atoms with Crippen LogP contribution in [0.25, 0.3) is 0 Å². The zero-order chi connectivity index (χ0) is 11.6. The maximum Gasteiger partial charge on any atom is 0.331 e. The number of hydrogen-bond acceptors (Lipinski definition) is 3. The van der Waals surface area contributed by atoms with Crippen LogP contribution < -0.4 is 5.32 Å². The topological polar surface area (TPSA) is 86.6 Å². The molecule has 0 aromatic carbocycles. The molecule has 0 heterocycles. The minimum absolute atomic E-state index is 0.303. The highest BCUT2D eigenvalue weighted by Gasteiger charge is 2.07. The molecule has 0 spiro atoms. The number of carboxylic acid groups (broad SMARTS) is 2. The van der Waals surface area contributed by atoms with Crippen LogP contribution in [-0.2, 0) is 9.59 Å². The second-order valence-corrected chi connectivity index (χ2v) is 2.33. The van der Waals surface area contributed by atoms with Crippen molar-refractivity contribution < 1.29 is 19.8 Å². The number of likely N-dealkylation sites (N-methyl/N-ethyl adjacent to an activating group) is 1. The molecule has 0 aromatic rings. The van der Waals surface area contributed by atoms with Gasteiger partial charge in [0.25, 0.3) is 0 Å². The molecule has 0 fully saturated rings. The van der Waals surface area contributed by atoms with Crippen molar-refractivity contribution in [3.8, 4) is 0 Å². The van der Waals surface area contributed by atoms with E-state index in [1.807, 2.05) is 13.1 Å². The number of hydrogen-bond donors (Lipinski definition) is 3. The summed E-state index contributed by atoms with van der Waals surface area (Å²) in [5.41, 5.74) is -0.303. The Balaban J connectivity index is 0. The molecule has 80 valence electrons. The van der Waals surface area contributed by atoms with Crippen molar-refractivity contribution in [2.75, 3.05) is 13.6 Å². The van der Waals surface area contributed by atoms with E-state index in [1.54, 1.807) is 0 Å². The van der Waals surface area contributed by atoms with Crippen LogP contribution in [0.5, 0.6) is 0 Å². The molecule has 5 heteroatoms. The summed E-state index contributed by atoms with van der Waals surface area (Å²) in [5, 5.41) is 19.0. The molecular weight excluding hydrogens is 186 g/mol. The lowest BCUT2D eigenvalue weighted by atomic mass is 10.2. The van der Waals surface area contributed by atoms with Gasteiger partial charge in [-0.15, -0.1) is 6.58 Å². The Morgan fingerprint density at radius 1 is 1.43 bits per heavy atom. The van der Waals surface area contributed by atoms with Crippen LogP contribution in [0, 0.1) is 0 Å².